The molecule has 4 nitrogen and oxygen atoms in total. The lowest BCUT2D eigenvalue weighted by molar-refractivity contribution is -0.138. The monoisotopic (exact) mass is 317 g/mol. The average molecular weight is 318 g/mol. The van der Waals surface area contributed by atoms with Crippen LogP contribution in [0.1, 0.15) is 15.9 Å². The summed E-state index contributed by atoms with van der Waals surface area (Å²) in [6.45, 7) is 0. The van der Waals surface area contributed by atoms with Gasteiger partial charge < -0.3 is 9.84 Å². The van der Waals surface area contributed by atoms with E-state index in [1.165, 1.54) is 12.1 Å². The minimum atomic E-state index is -4.61. The van der Waals surface area contributed by atoms with Crippen molar-refractivity contribution in [1.29, 1.82) is 0 Å². The molecule has 0 unspecified atom stereocenters. The van der Waals surface area contributed by atoms with Gasteiger partial charge in [0.2, 0.25) is 5.88 Å². The number of para-hydroxylation sites is 1. The number of carboxylic acids is 1. The molecule has 21 heavy (non-hydrogen) atoms. The van der Waals surface area contributed by atoms with Crippen molar-refractivity contribution in [2.75, 3.05) is 0 Å². The van der Waals surface area contributed by atoms with Crippen LogP contribution < -0.4 is 4.74 Å². The molecule has 0 saturated carbocycles. The van der Waals surface area contributed by atoms with Crippen molar-refractivity contribution < 1.29 is 27.8 Å². The third-order valence-electron chi connectivity index (χ3n) is 2.42. The molecule has 0 amide bonds. The minimum Gasteiger partial charge on any atom is -0.478 e. The molecule has 1 N–H and O–H groups in total. The number of pyridine rings is 1. The van der Waals surface area contributed by atoms with E-state index in [-0.39, 0.29) is 16.6 Å². The molecule has 0 aliphatic heterocycles. The first kappa shape index (κ1) is 15.1. The van der Waals surface area contributed by atoms with E-state index < -0.39 is 23.5 Å². The van der Waals surface area contributed by atoms with E-state index in [1.54, 1.807) is 0 Å². The first-order valence-corrected chi connectivity index (χ1v) is 5.90. The van der Waals surface area contributed by atoms with Crippen molar-refractivity contribution in [2.45, 2.75) is 6.18 Å². The predicted molar refractivity (Wildman–Crippen MR) is 67.7 cm³/mol. The van der Waals surface area contributed by atoms with Crippen LogP contribution >= 0.6 is 11.6 Å². The predicted octanol–water partition coefficient (Wildman–Crippen LogP) is 4.24. The number of alkyl halides is 3. The van der Waals surface area contributed by atoms with Crippen molar-refractivity contribution in [2.24, 2.45) is 0 Å². The molecule has 110 valence electrons. The summed E-state index contributed by atoms with van der Waals surface area (Å²) in [6, 6.07) is 6.56. The highest BCUT2D eigenvalue weighted by molar-refractivity contribution is 6.29. The lowest BCUT2D eigenvalue weighted by atomic mass is 10.2. The van der Waals surface area contributed by atoms with Crippen molar-refractivity contribution in [3.05, 3.63) is 52.7 Å². The molecular formula is C13H7ClF3NO3. The molecule has 0 aliphatic rings. The summed E-state index contributed by atoms with van der Waals surface area (Å²) in [6.07, 6.45) is -4.61. The van der Waals surface area contributed by atoms with Gasteiger partial charge in [-0.15, -0.1) is 0 Å². The molecular weight excluding hydrogens is 311 g/mol. The number of rotatable bonds is 3. The Bertz CT molecular complexity index is 689. The Hall–Kier alpha value is -2.28. The van der Waals surface area contributed by atoms with Crippen LogP contribution in [0.25, 0.3) is 0 Å². The molecule has 0 spiro atoms. The Morgan fingerprint density at radius 2 is 1.90 bits per heavy atom. The SMILES string of the molecule is O=C(O)c1cc(Cl)nc(Oc2ccccc2C(F)(F)F)c1. The van der Waals surface area contributed by atoms with Gasteiger partial charge in [-0.25, -0.2) is 9.78 Å². The normalized spacial score (nSPS) is 11.2. The standard InChI is InChI=1S/C13H7ClF3NO3/c14-10-5-7(12(19)20)6-11(18-10)21-9-4-2-1-3-8(9)13(15,16)17/h1-6H,(H,19,20). The fraction of sp³-hybridized carbons (Fsp3) is 0.0769. The molecule has 0 bridgehead atoms. The van der Waals surface area contributed by atoms with Gasteiger partial charge in [-0.2, -0.15) is 13.2 Å². The number of benzene rings is 1. The van der Waals surface area contributed by atoms with Crippen LogP contribution in [0, 0.1) is 0 Å². The Morgan fingerprint density at radius 1 is 1.24 bits per heavy atom. The van der Waals surface area contributed by atoms with E-state index in [9.17, 15) is 18.0 Å². The van der Waals surface area contributed by atoms with Gasteiger partial charge in [0, 0.05) is 6.07 Å². The van der Waals surface area contributed by atoms with Crippen LogP contribution in [0.4, 0.5) is 13.2 Å². The number of carboxylic acid groups (broad SMARTS) is 1. The minimum absolute atomic E-state index is 0.200. The number of nitrogens with zero attached hydrogens (tertiary/aromatic N) is 1. The third-order valence-corrected chi connectivity index (χ3v) is 2.62. The van der Waals surface area contributed by atoms with Crippen LogP contribution in [-0.4, -0.2) is 16.1 Å². The number of halogens is 4. The van der Waals surface area contributed by atoms with Crippen LogP contribution in [-0.2, 0) is 6.18 Å². The van der Waals surface area contributed by atoms with E-state index >= 15 is 0 Å². The highest BCUT2D eigenvalue weighted by Crippen LogP contribution is 2.37. The summed E-state index contributed by atoms with van der Waals surface area (Å²) in [5, 5.41) is 8.66. The van der Waals surface area contributed by atoms with Crippen LogP contribution in [0.3, 0.4) is 0 Å². The maximum Gasteiger partial charge on any atom is 0.419 e. The van der Waals surface area contributed by atoms with Crippen LogP contribution in [0.5, 0.6) is 11.6 Å². The van der Waals surface area contributed by atoms with E-state index in [1.807, 2.05) is 0 Å². The average Bonchev–Trinajstić information content (AvgIpc) is 2.37. The lowest BCUT2D eigenvalue weighted by Gasteiger charge is -2.13. The Morgan fingerprint density at radius 3 is 2.52 bits per heavy atom. The van der Waals surface area contributed by atoms with Gasteiger partial charge in [-0.1, -0.05) is 23.7 Å². The zero-order chi connectivity index (χ0) is 15.6. The number of hydrogen-bond donors (Lipinski definition) is 1. The molecule has 2 aromatic rings. The van der Waals surface area contributed by atoms with Crippen LogP contribution in [0.2, 0.25) is 5.15 Å². The zero-order valence-electron chi connectivity index (χ0n) is 10.2. The summed E-state index contributed by atoms with van der Waals surface area (Å²) in [7, 11) is 0. The topological polar surface area (TPSA) is 59.4 Å². The number of carbonyl (C=O) groups is 1. The van der Waals surface area contributed by atoms with Crippen molar-refractivity contribution in [1.82, 2.24) is 4.98 Å². The second-order valence-electron chi connectivity index (χ2n) is 3.92. The summed E-state index contributed by atoms with van der Waals surface area (Å²) < 4.78 is 43.5. The molecule has 0 atom stereocenters. The first-order valence-electron chi connectivity index (χ1n) is 5.52. The number of ether oxygens (including phenoxy) is 1. The van der Waals surface area contributed by atoms with Gasteiger partial charge in [0.05, 0.1) is 11.1 Å². The maximum absolute atomic E-state index is 12.8. The summed E-state index contributed by atoms with van der Waals surface area (Å²) >= 11 is 5.61. The summed E-state index contributed by atoms with van der Waals surface area (Å²) in [5.41, 5.74) is -1.24. The molecule has 0 saturated heterocycles. The lowest BCUT2D eigenvalue weighted by Crippen LogP contribution is -2.07. The fourth-order valence-electron chi connectivity index (χ4n) is 1.55. The zero-order valence-corrected chi connectivity index (χ0v) is 10.9. The van der Waals surface area contributed by atoms with Gasteiger partial charge in [0.1, 0.15) is 10.9 Å². The molecule has 0 fully saturated rings. The van der Waals surface area contributed by atoms with Gasteiger partial charge in [0.15, 0.2) is 0 Å². The molecule has 1 aromatic carbocycles. The molecule has 8 heteroatoms. The molecule has 0 radical (unpaired) electrons. The van der Waals surface area contributed by atoms with Gasteiger partial charge in [-0.05, 0) is 18.2 Å². The smallest absolute Gasteiger partial charge is 0.419 e. The van der Waals surface area contributed by atoms with Crippen molar-refractivity contribution >= 4 is 17.6 Å². The largest absolute Gasteiger partial charge is 0.478 e. The van der Waals surface area contributed by atoms with Gasteiger partial charge in [-0.3, -0.25) is 0 Å². The number of aromatic carboxylic acids is 1. The Labute approximate surface area is 121 Å². The summed E-state index contributed by atoms with van der Waals surface area (Å²) in [5.74, 6) is -2.12. The van der Waals surface area contributed by atoms with E-state index in [4.69, 9.17) is 21.4 Å². The second-order valence-corrected chi connectivity index (χ2v) is 4.31. The van der Waals surface area contributed by atoms with E-state index in [0.717, 1.165) is 24.3 Å². The summed E-state index contributed by atoms with van der Waals surface area (Å²) in [4.78, 5) is 14.5. The first-order chi connectivity index (χ1) is 9.77. The van der Waals surface area contributed by atoms with Gasteiger partial charge in [0.25, 0.3) is 0 Å². The van der Waals surface area contributed by atoms with Crippen molar-refractivity contribution in [3.8, 4) is 11.6 Å². The third kappa shape index (κ3) is 3.63. The second kappa shape index (κ2) is 5.61. The number of hydrogen-bond acceptors (Lipinski definition) is 3. The molecule has 1 aromatic heterocycles. The van der Waals surface area contributed by atoms with Crippen LogP contribution in [0.15, 0.2) is 36.4 Å². The highest BCUT2D eigenvalue weighted by atomic mass is 35.5. The number of aromatic nitrogens is 1. The molecule has 2 rings (SSSR count). The molecule has 1 heterocycles. The molecule has 0 aliphatic carbocycles. The highest BCUT2D eigenvalue weighted by Gasteiger charge is 2.34. The Balaban J connectivity index is 2.42. The quantitative estimate of drug-likeness (QED) is 0.860. The Kier molecular flexibility index (Phi) is 4.04. The van der Waals surface area contributed by atoms with E-state index in [2.05, 4.69) is 4.98 Å². The maximum atomic E-state index is 12.8. The fourth-order valence-corrected chi connectivity index (χ4v) is 1.75. The van der Waals surface area contributed by atoms with Gasteiger partial charge >= 0.3 is 12.1 Å². The van der Waals surface area contributed by atoms with Crippen molar-refractivity contribution in [3.63, 3.8) is 0 Å². The van der Waals surface area contributed by atoms with E-state index in [0.29, 0.717) is 0 Å².